The summed E-state index contributed by atoms with van der Waals surface area (Å²) in [6.07, 6.45) is 3.48. The number of thiophene rings is 1. The average Bonchev–Trinajstić information content (AvgIpc) is 2.67. The molecule has 0 aliphatic rings. The molecule has 0 atom stereocenters. The van der Waals surface area contributed by atoms with Crippen LogP contribution in [0, 0.1) is 6.92 Å². The number of aromatic nitrogens is 1. The summed E-state index contributed by atoms with van der Waals surface area (Å²) >= 11 is 1.44. The quantitative estimate of drug-likeness (QED) is 0.844. The third-order valence-corrected chi connectivity index (χ3v) is 3.10. The van der Waals surface area contributed by atoms with E-state index in [-0.39, 0.29) is 0 Å². The van der Waals surface area contributed by atoms with Gasteiger partial charge in [0.05, 0.1) is 5.56 Å². The molecule has 1 N–H and O–H groups in total. The summed E-state index contributed by atoms with van der Waals surface area (Å²) < 4.78 is 0. The van der Waals surface area contributed by atoms with E-state index in [0.29, 0.717) is 5.56 Å². The van der Waals surface area contributed by atoms with Crippen molar-refractivity contribution in [1.82, 2.24) is 4.98 Å². The van der Waals surface area contributed by atoms with Gasteiger partial charge in [0.1, 0.15) is 0 Å². The lowest BCUT2D eigenvalue weighted by Gasteiger charge is -2.00. The van der Waals surface area contributed by atoms with E-state index < -0.39 is 5.97 Å². The molecule has 0 fully saturated rings. The van der Waals surface area contributed by atoms with Crippen LogP contribution in [0.4, 0.5) is 0 Å². The van der Waals surface area contributed by atoms with Crippen LogP contribution in [0.2, 0.25) is 0 Å². The van der Waals surface area contributed by atoms with Crippen molar-refractivity contribution in [3.05, 3.63) is 41.0 Å². The number of aryl methyl sites for hydroxylation is 1. The Bertz CT molecular complexity index is 505. The SMILES string of the molecule is Cc1cnccc1-c1cc(C(=O)O)cs1. The topological polar surface area (TPSA) is 50.2 Å². The van der Waals surface area contributed by atoms with Gasteiger partial charge >= 0.3 is 5.97 Å². The Hall–Kier alpha value is -1.68. The van der Waals surface area contributed by atoms with Crippen molar-refractivity contribution in [2.75, 3.05) is 0 Å². The van der Waals surface area contributed by atoms with Gasteiger partial charge in [0.15, 0.2) is 0 Å². The lowest BCUT2D eigenvalue weighted by molar-refractivity contribution is 0.0697. The molecule has 76 valence electrons. The number of carboxylic acids is 1. The summed E-state index contributed by atoms with van der Waals surface area (Å²) in [5, 5.41) is 10.5. The first-order valence-corrected chi connectivity index (χ1v) is 5.29. The average molecular weight is 219 g/mol. The Kier molecular flexibility index (Phi) is 2.51. The van der Waals surface area contributed by atoms with Crippen molar-refractivity contribution in [1.29, 1.82) is 0 Å². The molecular formula is C11H9NO2S. The van der Waals surface area contributed by atoms with E-state index in [2.05, 4.69) is 4.98 Å². The Labute approximate surface area is 91.0 Å². The second-order valence-corrected chi connectivity index (χ2v) is 4.11. The van der Waals surface area contributed by atoms with Gasteiger partial charge in [-0.3, -0.25) is 4.98 Å². The lowest BCUT2D eigenvalue weighted by atomic mass is 10.1. The summed E-state index contributed by atoms with van der Waals surface area (Å²) in [6, 6.07) is 3.59. The smallest absolute Gasteiger partial charge is 0.336 e. The van der Waals surface area contributed by atoms with Crippen LogP contribution in [0.25, 0.3) is 10.4 Å². The van der Waals surface area contributed by atoms with E-state index in [0.717, 1.165) is 16.0 Å². The van der Waals surface area contributed by atoms with Crippen molar-refractivity contribution >= 4 is 17.3 Å². The molecule has 0 saturated heterocycles. The maximum absolute atomic E-state index is 10.7. The minimum absolute atomic E-state index is 0.339. The summed E-state index contributed by atoms with van der Waals surface area (Å²) in [4.78, 5) is 15.7. The van der Waals surface area contributed by atoms with Gasteiger partial charge in [-0.15, -0.1) is 11.3 Å². The van der Waals surface area contributed by atoms with Gasteiger partial charge in [-0.05, 0) is 30.2 Å². The molecule has 2 heterocycles. The Morgan fingerprint density at radius 1 is 1.53 bits per heavy atom. The van der Waals surface area contributed by atoms with Crippen LogP contribution in [-0.2, 0) is 0 Å². The number of carboxylic acid groups (broad SMARTS) is 1. The zero-order chi connectivity index (χ0) is 10.8. The van der Waals surface area contributed by atoms with Crippen LogP contribution in [0.5, 0.6) is 0 Å². The highest BCUT2D eigenvalue weighted by atomic mass is 32.1. The van der Waals surface area contributed by atoms with E-state index >= 15 is 0 Å². The summed E-state index contributed by atoms with van der Waals surface area (Å²) in [6.45, 7) is 1.96. The lowest BCUT2D eigenvalue weighted by Crippen LogP contribution is -1.91. The first-order chi connectivity index (χ1) is 7.18. The highest BCUT2D eigenvalue weighted by molar-refractivity contribution is 7.13. The molecule has 0 radical (unpaired) electrons. The van der Waals surface area contributed by atoms with Crippen LogP contribution in [-0.4, -0.2) is 16.1 Å². The van der Waals surface area contributed by atoms with Gasteiger partial charge in [-0.2, -0.15) is 0 Å². The predicted octanol–water partition coefficient (Wildman–Crippen LogP) is 2.82. The number of carbonyl (C=O) groups is 1. The third kappa shape index (κ3) is 1.89. The molecule has 3 nitrogen and oxygen atoms in total. The molecule has 0 aliphatic carbocycles. The van der Waals surface area contributed by atoms with Crippen LogP contribution >= 0.6 is 11.3 Å². The molecule has 2 aromatic heterocycles. The molecule has 15 heavy (non-hydrogen) atoms. The highest BCUT2D eigenvalue weighted by Gasteiger charge is 2.09. The number of aromatic carboxylic acids is 1. The van der Waals surface area contributed by atoms with E-state index in [1.165, 1.54) is 11.3 Å². The predicted molar refractivity (Wildman–Crippen MR) is 59.2 cm³/mol. The molecule has 0 unspecified atom stereocenters. The van der Waals surface area contributed by atoms with Crippen molar-refractivity contribution in [2.24, 2.45) is 0 Å². The van der Waals surface area contributed by atoms with Gasteiger partial charge in [0.25, 0.3) is 0 Å². The molecule has 2 aromatic rings. The fourth-order valence-corrected chi connectivity index (χ4v) is 2.31. The molecule has 0 spiro atoms. The number of nitrogens with zero attached hydrogens (tertiary/aromatic N) is 1. The Morgan fingerprint density at radius 3 is 2.93 bits per heavy atom. The van der Waals surface area contributed by atoms with Gasteiger partial charge < -0.3 is 5.11 Å². The largest absolute Gasteiger partial charge is 0.478 e. The van der Waals surface area contributed by atoms with Crippen molar-refractivity contribution < 1.29 is 9.90 Å². The van der Waals surface area contributed by atoms with Gasteiger partial charge in [-0.1, -0.05) is 0 Å². The number of rotatable bonds is 2. The molecule has 0 saturated carbocycles. The van der Waals surface area contributed by atoms with Crippen molar-refractivity contribution in [3.8, 4) is 10.4 Å². The Balaban J connectivity index is 2.46. The highest BCUT2D eigenvalue weighted by Crippen LogP contribution is 2.29. The standard InChI is InChI=1S/C11H9NO2S/c1-7-5-12-3-2-9(7)10-4-8(6-15-10)11(13)14/h2-6H,1H3,(H,13,14). The van der Waals surface area contributed by atoms with Crippen LogP contribution in [0.15, 0.2) is 29.9 Å². The van der Waals surface area contributed by atoms with Crippen LogP contribution in [0.1, 0.15) is 15.9 Å². The number of pyridine rings is 1. The normalized spacial score (nSPS) is 10.2. The minimum atomic E-state index is -0.885. The van der Waals surface area contributed by atoms with Gasteiger partial charge in [0.2, 0.25) is 0 Å². The molecule has 0 bridgehead atoms. The maximum atomic E-state index is 10.7. The zero-order valence-electron chi connectivity index (χ0n) is 8.10. The maximum Gasteiger partial charge on any atom is 0.336 e. The zero-order valence-corrected chi connectivity index (χ0v) is 8.91. The van der Waals surface area contributed by atoms with E-state index in [1.54, 1.807) is 23.8 Å². The number of hydrogen-bond acceptors (Lipinski definition) is 3. The molecule has 0 aliphatic heterocycles. The summed E-state index contributed by atoms with van der Waals surface area (Å²) in [5.74, 6) is -0.885. The number of hydrogen-bond donors (Lipinski definition) is 1. The second kappa shape index (κ2) is 3.82. The van der Waals surface area contributed by atoms with Crippen LogP contribution < -0.4 is 0 Å². The van der Waals surface area contributed by atoms with Crippen molar-refractivity contribution in [3.63, 3.8) is 0 Å². The van der Waals surface area contributed by atoms with E-state index in [4.69, 9.17) is 5.11 Å². The Morgan fingerprint density at radius 2 is 2.33 bits per heavy atom. The fraction of sp³-hybridized carbons (Fsp3) is 0.0909. The van der Waals surface area contributed by atoms with Gasteiger partial charge in [0, 0.05) is 22.7 Å². The summed E-state index contributed by atoms with van der Waals surface area (Å²) in [5.41, 5.74) is 2.44. The molecule has 0 aromatic carbocycles. The van der Waals surface area contributed by atoms with Crippen LogP contribution in [0.3, 0.4) is 0 Å². The second-order valence-electron chi connectivity index (χ2n) is 3.20. The molecule has 2 rings (SSSR count). The monoisotopic (exact) mass is 219 g/mol. The molecular weight excluding hydrogens is 210 g/mol. The summed E-state index contributed by atoms with van der Waals surface area (Å²) in [7, 11) is 0. The molecule has 0 amide bonds. The molecule has 4 heteroatoms. The first kappa shape index (κ1) is 9.86. The fourth-order valence-electron chi connectivity index (χ4n) is 1.34. The van der Waals surface area contributed by atoms with E-state index in [9.17, 15) is 4.79 Å². The minimum Gasteiger partial charge on any atom is -0.478 e. The van der Waals surface area contributed by atoms with Crippen molar-refractivity contribution in [2.45, 2.75) is 6.92 Å². The third-order valence-electron chi connectivity index (χ3n) is 2.13. The van der Waals surface area contributed by atoms with Gasteiger partial charge in [-0.25, -0.2) is 4.79 Å². The first-order valence-electron chi connectivity index (χ1n) is 4.41. The van der Waals surface area contributed by atoms with E-state index in [1.807, 2.05) is 13.0 Å².